The van der Waals surface area contributed by atoms with E-state index >= 15 is 0 Å². The lowest BCUT2D eigenvalue weighted by Gasteiger charge is -2.25. The molecule has 35 heavy (non-hydrogen) atoms. The maximum Gasteiger partial charge on any atom is 0.326 e. The molecule has 9 nitrogen and oxygen atoms in total. The van der Waals surface area contributed by atoms with Crippen molar-refractivity contribution in [1.82, 2.24) is 10.2 Å². The molecule has 2 amide bonds. The fraction of sp³-hybridized carbons (Fsp3) is 0.364. The van der Waals surface area contributed by atoms with Gasteiger partial charge < -0.3 is 15.0 Å². The molecule has 3 rings (SSSR count). The van der Waals surface area contributed by atoms with E-state index in [9.17, 15) is 18.0 Å². The molecule has 0 aromatic heterocycles. The number of amides is 2. The molecule has 13 heteroatoms. The maximum absolute atomic E-state index is 13.6. The first kappa shape index (κ1) is 29.0. The van der Waals surface area contributed by atoms with Crippen LogP contribution in [-0.2, 0) is 26.0 Å². The SMILES string of the molecule is CNC(=O)N1CCc2cc(N(CC(=O)OCCN(C)C)S(=O)(=O)c3cc(Cl)cc(Cl)c3)ccc21.Cl. The number of nitrogens with one attached hydrogen (secondary N) is 1. The van der Waals surface area contributed by atoms with Crippen LogP contribution >= 0.6 is 35.6 Å². The Morgan fingerprint density at radius 3 is 2.37 bits per heavy atom. The van der Waals surface area contributed by atoms with Crippen molar-refractivity contribution < 1.29 is 22.7 Å². The van der Waals surface area contributed by atoms with Crippen LogP contribution in [0.5, 0.6) is 0 Å². The molecule has 1 aliphatic rings. The number of nitrogens with zero attached hydrogens (tertiary/aromatic N) is 3. The number of esters is 1. The molecule has 0 radical (unpaired) electrons. The number of rotatable bonds is 8. The van der Waals surface area contributed by atoms with Gasteiger partial charge in [-0.15, -0.1) is 12.4 Å². The Balaban J connectivity index is 0.00000432. The van der Waals surface area contributed by atoms with Crippen LogP contribution in [0.25, 0.3) is 0 Å². The average molecular weight is 566 g/mol. The highest BCUT2D eigenvalue weighted by Gasteiger charge is 2.31. The van der Waals surface area contributed by atoms with Gasteiger partial charge in [-0.2, -0.15) is 0 Å². The highest BCUT2D eigenvalue weighted by molar-refractivity contribution is 7.92. The number of hydrogen-bond acceptors (Lipinski definition) is 6. The average Bonchev–Trinajstić information content (AvgIpc) is 3.19. The van der Waals surface area contributed by atoms with E-state index in [4.69, 9.17) is 27.9 Å². The topological polar surface area (TPSA) is 99.3 Å². The predicted molar refractivity (Wildman–Crippen MR) is 140 cm³/mol. The summed E-state index contributed by atoms with van der Waals surface area (Å²) >= 11 is 12.1. The molecular formula is C22H27Cl3N4O5S. The zero-order valence-electron chi connectivity index (χ0n) is 19.5. The number of benzene rings is 2. The molecule has 1 N–H and O–H groups in total. The summed E-state index contributed by atoms with van der Waals surface area (Å²) in [5, 5.41) is 2.88. The number of carbonyl (C=O) groups excluding carboxylic acids is 2. The van der Waals surface area contributed by atoms with Gasteiger partial charge in [0, 0.05) is 35.9 Å². The summed E-state index contributed by atoms with van der Waals surface area (Å²) in [6.45, 7) is 0.532. The Kier molecular flexibility index (Phi) is 10.1. The second kappa shape index (κ2) is 12.1. The van der Waals surface area contributed by atoms with Gasteiger partial charge in [0.1, 0.15) is 13.2 Å². The number of likely N-dealkylation sites (N-methyl/N-ethyl adjacent to an activating group) is 1. The smallest absolute Gasteiger partial charge is 0.326 e. The van der Waals surface area contributed by atoms with Crippen molar-refractivity contribution >= 4 is 69.0 Å². The van der Waals surface area contributed by atoms with Crippen molar-refractivity contribution in [3.8, 4) is 0 Å². The molecule has 1 aliphatic heterocycles. The van der Waals surface area contributed by atoms with Crippen LogP contribution in [0.15, 0.2) is 41.3 Å². The van der Waals surface area contributed by atoms with E-state index in [0.29, 0.717) is 25.2 Å². The third-order valence-electron chi connectivity index (χ3n) is 5.20. The normalized spacial score (nSPS) is 12.7. The Labute approximate surface area is 221 Å². The van der Waals surface area contributed by atoms with E-state index in [2.05, 4.69) is 5.32 Å². The molecule has 0 atom stereocenters. The fourth-order valence-corrected chi connectivity index (χ4v) is 5.64. The third kappa shape index (κ3) is 6.92. The molecule has 0 bridgehead atoms. The van der Waals surface area contributed by atoms with Crippen molar-refractivity contribution in [2.45, 2.75) is 11.3 Å². The van der Waals surface area contributed by atoms with Crippen LogP contribution in [0.1, 0.15) is 5.56 Å². The Morgan fingerprint density at radius 2 is 1.77 bits per heavy atom. The summed E-state index contributed by atoms with van der Waals surface area (Å²) < 4.78 is 33.4. The van der Waals surface area contributed by atoms with Gasteiger partial charge in [-0.25, -0.2) is 13.2 Å². The van der Waals surface area contributed by atoms with Gasteiger partial charge in [-0.1, -0.05) is 23.2 Å². The first-order valence-electron chi connectivity index (χ1n) is 10.4. The standard InChI is InChI=1S/C22H26Cl2N4O5S.ClH/c1-25-22(30)27-7-6-15-10-18(4-5-20(15)27)28(14-21(29)33-9-8-26(2)3)34(31,32)19-12-16(23)11-17(24)13-19;/h4-5,10-13H,6-9,14H2,1-3H3,(H,25,30);1H. The monoisotopic (exact) mass is 564 g/mol. The number of ether oxygens (including phenoxy) is 1. The minimum Gasteiger partial charge on any atom is -0.463 e. The van der Waals surface area contributed by atoms with Crippen LogP contribution < -0.4 is 14.5 Å². The zero-order valence-corrected chi connectivity index (χ0v) is 22.6. The maximum atomic E-state index is 13.6. The molecule has 0 saturated heterocycles. The van der Waals surface area contributed by atoms with Gasteiger partial charge in [-0.3, -0.25) is 14.0 Å². The molecule has 192 valence electrons. The summed E-state index contributed by atoms with van der Waals surface area (Å²) in [4.78, 5) is 28.0. The molecular weight excluding hydrogens is 539 g/mol. The van der Waals surface area contributed by atoms with Crippen LogP contribution in [0.2, 0.25) is 10.0 Å². The summed E-state index contributed by atoms with van der Waals surface area (Å²) in [6, 6.07) is 8.59. The highest BCUT2D eigenvalue weighted by atomic mass is 35.5. The summed E-state index contributed by atoms with van der Waals surface area (Å²) in [5.41, 5.74) is 1.73. The van der Waals surface area contributed by atoms with E-state index in [-0.39, 0.29) is 45.7 Å². The summed E-state index contributed by atoms with van der Waals surface area (Å²) in [5.74, 6) is -0.703. The largest absolute Gasteiger partial charge is 0.463 e. The van der Waals surface area contributed by atoms with E-state index < -0.39 is 22.5 Å². The molecule has 2 aromatic carbocycles. The second-order valence-corrected chi connectivity index (χ2v) is 10.6. The van der Waals surface area contributed by atoms with Gasteiger partial charge >= 0.3 is 12.0 Å². The molecule has 0 unspecified atom stereocenters. The minimum absolute atomic E-state index is 0. The summed E-state index contributed by atoms with van der Waals surface area (Å²) in [7, 11) is 0.982. The fourth-order valence-electron chi connectivity index (χ4n) is 3.51. The Hall–Kier alpha value is -2.24. The quantitative estimate of drug-likeness (QED) is 0.493. The third-order valence-corrected chi connectivity index (χ3v) is 7.39. The lowest BCUT2D eigenvalue weighted by atomic mass is 10.1. The number of anilines is 2. The number of fused-ring (bicyclic) bond motifs is 1. The Morgan fingerprint density at radius 1 is 1.11 bits per heavy atom. The highest BCUT2D eigenvalue weighted by Crippen LogP contribution is 2.34. The number of carbonyl (C=O) groups is 2. The van der Waals surface area contributed by atoms with Gasteiger partial charge in [-0.05, 0) is 62.5 Å². The van der Waals surface area contributed by atoms with E-state index in [1.54, 1.807) is 30.1 Å². The zero-order chi connectivity index (χ0) is 25.0. The van der Waals surface area contributed by atoms with E-state index in [0.717, 1.165) is 9.87 Å². The van der Waals surface area contributed by atoms with Crippen molar-refractivity contribution in [1.29, 1.82) is 0 Å². The molecule has 2 aromatic rings. The van der Waals surface area contributed by atoms with Crippen molar-refractivity contribution in [3.05, 3.63) is 52.0 Å². The predicted octanol–water partition coefficient (Wildman–Crippen LogP) is 3.42. The van der Waals surface area contributed by atoms with Crippen molar-refractivity contribution in [3.63, 3.8) is 0 Å². The lowest BCUT2D eigenvalue weighted by Crippen LogP contribution is -2.37. The van der Waals surface area contributed by atoms with Crippen LogP contribution in [0.3, 0.4) is 0 Å². The molecule has 0 saturated carbocycles. The van der Waals surface area contributed by atoms with Crippen molar-refractivity contribution in [2.75, 3.05) is 56.6 Å². The molecule has 0 spiro atoms. The minimum atomic E-state index is -4.23. The van der Waals surface area contributed by atoms with Crippen LogP contribution in [-0.4, -0.2) is 72.7 Å². The van der Waals surface area contributed by atoms with Gasteiger partial charge in [0.25, 0.3) is 10.0 Å². The van der Waals surface area contributed by atoms with Crippen LogP contribution in [0.4, 0.5) is 16.2 Å². The van der Waals surface area contributed by atoms with E-state index in [1.807, 2.05) is 19.0 Å². The van der Waals surface area contributed by atoms with Crippen molar-refractivity contribution in [2.24, 2.45) is 0 Å². The first-order chi connectivity index (χ1) is 16.0. The number of halogens is 3. The van der Waals surface area contributed by atoms with Gasteiger partial charge in [0.15, 0.2) is 0 Å². The summed E-state index contributed by atoms with van der Waals surface area (Å²) in [6.07, 6.45) is 0.542. The molecule has 0 fully saturated rings. The van der Waals surface area contributed by atoms with E-state index in [1.165, 1.54) is 18.2 Å². The second-order valence-electron chi connectivity index (χ2n) is 7.91. The Bertz CT molecular complexity index is 1170. The molecule has 1 heterocycles. The number of hydrogen-bond donors (Lipinski definition) is 1. The first-order valence-corrected chi connectivity index (χ1v) is 12.6. The van der Waals surface area contributed by atoms with Gasteiger partial charge in [0.2, 0.25) is 0 Å². The van der Waals surface area contributed by atoms with Gasteiger partial charge in [0.05, 0.1) is 10.6 Å². The van der Waals surface area contributed by atoms with Crippen LogP contribution in [0, 0.1) is 0 Å². The molecule has 0 aliphatic carbocycles. The number of urea groups is 1. The number of sulfonamides is 1. The lowest BCUT2D eigenvalue weighted by molar-refractivity contribution is -0.142.